The van der Waals surface area contributed by atoms with Crippen LogP contribution < -0.4 is 5.32 Å². The number of hydrogen-bond acceptors (Lipinski definition) is 4. The molecule has 1 fully saturated rings. The lowest BCUT2D eigenvalue weighted by atomic mass is 10.0. The lowest BCUT2D eigenvalue weighted by molar-refractivity contribution is 0.142. The second kappa shape index (κ2) is 7.99. The van der Waals surface area contributed by atoms with E-state index in [0.29, 0.717) is 18.3 Å². The zero-order chi connectivity index (χ0) is 20.3. The van der Waals surface area contributed by atoms with Crippen LogP contribution in [0.1, 0.15) is 31.2 Å². The summed E-state index contributed by atoms with van der Waals surface area (Å²) >= 11 is 0. The van der Waals surface area contributed by atoms with Gasteiger partial charge in [-0.25, -0.2) is 4.79 Å². The van der Waals surface area contributed by atoms with E-state index in [1.807, 2.05) is 77.7 Å². The monoisotopic (exact) mass is 398 g/mol. The predicted octanol–water partition coefficient (Wildman–Crippen LogP) is 5.65. The summed E-state index contributed by atoms with van der Waals surface area (Å²) in [5, 5.41) is 9.34. The lowest BCUT2D eigenvalue weighted by Crippen LogP contribution is -2.41. The van der Waals surface area contributed by atoms with E-state index >= 15 is 0 Å². The van der Waals surface area contributed by atoms with Crippen molar-refractivity contribution in [3.8, 4) is 11.4 Å². The molecule has 3 aromatic carbocycles. The maximum absolute atomic E-state index is 13.2. The van der Waals surface area contributed by atoms with E-state index in [1.165, 1.54) is 0 Å². The molecular formula is C24H22N4O2. The molecule has 0 bridgehead atoms. The van der Waals surface area contributed by atoms with Gasteiger partial charge in [0.1, 0.15) is 6.04 Å². The first-order chi connectivity index (χ1) is 14.8. The maximum Gasteiger partial charge on any atom is 0.322 e. The van der Waals surface area contributed by atoms with Crippen molar-refractivity contribution >= 4 is 22.5 Å². The molecule has 1 saturated heterocycles. The van der Waals surface area contributed by atoms with E-state index in [1.54, 1.807) is 0 Å². The molecule has 0 aliphatic carbocycles. The molecule has 30 heavy (non-hydrogen) atoms. The summed E-state index contributed by atoms with van der Waals surface area (Å²) in [6, 6.07) is 23.3. The lowest BCUT2D eigenvalue weighted by Gasteiger charge is -2.33. The molecule has 0 radical (unpaired) electrons. The molecule has 1 atom stereocenters. The largest absolute Gasteiger partial charge is 0.337 e. The van der Waals surface area contributed by atoms with Crippen LogP contribution in [0.4, 0.5) is 10.5 Å². The zero-order valence-electron chi connectivity index (χ0n) is 16.5. The average molecular weight is 398 g/mol. The van der Waals surface area contributed by atoms with Crippen LogP contribution >= 0.6 is 0 Å². The highest BCUT2D eigenvalue weighted by Crippen LogP contribution is 2.32. The quantitative estimate of drug-likeness (QED) is 0.484. The molecule has 1 N–H and O–H groups in total. The Morgan fingerprint density at radius 1 is 0.967 bits per heavy atom. The summed E-state index contributed by atoms with van der Waals surface area (Å²) in [7, 11) is 0. The number of rotatable bonds is 3. The van der Waals surface area contributed by atoms with Crippen LogP contribution in [0, 0.1) is 0 Å². The summed E-state index contributed by atoms with van der Waals surface area (Å²) in [5.41, 5.74) is 1.70. The Hall–Kier alpha value is -3.67. The van der Waals surface area contributed by atoms with Gasteiger partial charge in [-0.15, -0.1) is 0 Å². The summed E-state index contributed by atoms with van der Waals surface area (Å²) < 4.78 is 5.58. The van der Waals surface area contributed by atoms with Crippen LogP contribution in [0.2, 0.25) is 0 Å². The van der Waals surface area contributed by atoms with E-state index < -0.39 is 0 Å². The Morgan fingerprint density at radius 3 is 2.67 bits per heavy atom. The van der Waals surface area contributed by atoms with Crippen LogP contribution in [0.3, 0.4) is 0 Å². The molecule has 5 rings (SSSR count). The highest BCUT2D eigenvalue weighted by atomic mass is 16.5. The number of aromatic nitrogens is 2. The van der Waals surface area contributed by atoms with Gasteiger partial charge in [0.15, 0.2) is 0 Å². The number of carbonyl (C=O) groups is 1. The molecule has 1 unspecified atom stereocenters. The van der Waals surface area contributed by atoms with Crippen molar-refractivity contribution in [2.45, 2.75) is 25.3 Å². The molecule has 6 heteroatoms. The minimum atomic E-state index is -0.223. The van der Waals surface area contributed by atoms with Crippen molar-refractivity contribution in [3.63, 3.8) is 0 Å². The molecule has 1 aliphatic rings. The molecule has 2 heterocycles. The number of benzene rings is 3. The maximum atomic E-state index is 13.2. The van der Waals surface area contributed by atoms with Gasteiger partial charge in [0.05, 0.1) is 5.69 Å². The van der Waals surface area contributed by atoms with Gasteiger partial charge < -0.3 is 14.7 Å². The molecule has 1 aliphatic heterocycles. The Labute approximate surface area is 174 Å². The first-order valence-corrected chi connectivity index (χ1v) is 10.2. The normalized spacial score (nSPS) is 16.5. The van der Waals surface area contributed by atoms with Gasteiger partial charge in [0.25, 0.3) is 0 Å². The molecule has 4 aromatic rings. The Morgan fingerprint density at radius 2 is 1.77 bits per heavy atom. The zero-order valence-corrected chi connectivity index (χ0v) is 16.5. The van der Waals surface area contributed by atoms with Crippen LogP contribution in [0.5, 0.6) is 0 Å². The van der Waals surface area contributed by atoms with Gasteiger partial charge >= 0.3 is 6.03 Å². The SMILES string of the molecule is O=C(Nc1cccc2ccccc12)N1CCCCC1c1nc(-c2ccccc2)no1. The van der Waals surface area contributed by atoms with E-state index in [4.69, 9.17) is 4.52 Å². The van der Waals surface area contributed by atoms with Gasteiger partial charge in [0, 0.05) is 17.5 Å². The van der Waals surface area contributed by atoms with Crippen molar-refractivity contribution in [1.29, 1.82) is 0 Å². The fraction of sp³-hybridized carbons (Fsp3) is 0.208. The molecule has 150 valence electrons. The third-order valence-corrected chi connectivity index (χ3v) is 5.55. The van der Waals surface area contributed by atoms with E-state index in [9.17, 15) is 4.79 Å². The van der Waals surface area contributed by atoms with E-state index in [0.717, 1.165) is 41.3 Å². The molecule has 6 nitrogen and oxygen atoms in total. The second-order valence-corrected chi connectivity index (χ2v) is 7.48. The summed E-state index contributed by atoms with van der Waals surface area (Å²) in [4.78, 5) is 19.6. The molecule has 1 aromatic heterocycles. The first-order valence-electron chi connectivity index (χ1n) is 10.2. The van der Waals surface area contributed by atoms with Crippen LogP contribution in [-0.4, -0.2) is 27.6 Å². The minimum absolute atomic E-state index is 0.143. The molecule has 0 saturated carbocycles. The fourth-order valence-corrected chi connectivity index (χ4v) is 4.03. The molecule has 2 amide bonds. The third kappa shape index (κ3) is 3.52. The van der Waals surface area contributed by atoms with Crippen molar-refractivity contribution in [1.82, 2.24) is 15.0 Å². The van der Waals surface area contributed by atoms with Gasteiger partial charge in [0.2, 0.25) is 11.7 Å². The van der Waals surface area contributed by atoms with Gasteiger partial charge in [-0.3, -0.25) is 0 Å². The number of fused-ring (bicyclic) bond motifs is 1. The van der Waals surface area contributed by atoms with Crippen LogP contribution in [0.25, 0.3) is 22.2 Å². The topological polar surface area (TPSA) is 71.3 Å². The Kier molecular flexibility index (Phi) is 4.89. The summed E-state index contributed by atoms with van der Waals surface area (Å²) in [6.07, 6.45) is 2.78. The number of hydrogen-bond donors (Lipinski definition) is 1. The summed E-state index contributed by atoms with van der Waals surface area (Å²) in [5.74, 6) is 1.03. The number of likely N-dealkylation sites (tertiary alicyclic amines) is 1. The highest BCUT2D eigenvalue weighted by Gasteiger charge is 2.32. The van der Waals surface area contributed by atoms with Gasteiger partial charge in [-0.1, -0.05) is 71.9 Å². The Balaban J connectivity index is 1.40. The van der Waals surface area contributed by atoms with Crippen LogP contribution in [0.15, 0.2) is 77.3 Å². The highest BCUT2D eigenvalue weighted by molar-refractivity contribution is 6.01. The van der Waals surface area contributed by atoms with E-state index in [2.05, 4.69) is 15.5 Å². The number of piperidine rings is 1. The van der Waals surface area contributed by atoms with Gasteiger partial charge in [-0.05, 0) is 30.7 Å². The predicted molar refractivity (Wildman–Crippen MR) is 116 cm³/mol. The van der Waals surface area contributed by atoms with Crippen molar-refractivity contribution < 1.29 is 9.32 Å². The number of urea groups is 1. The van der Waals surface area contributed by atoms with Crippen molar-refractivity contribution in [2.24, 2.45) is 0 Å². The summed E-state index contributed by atoms with van der Waals surface area (Å²) in [6.45, 7) is 0.657. The number of nitrogens with zero attached hydrogens (tertiary/aromatic N) is 3. The first kappa shape index (κ1) is 18.4. The third-order valence-electron chi connectivity index (χ3n) is 5.55. The van der Waals surface area contributed by atoms with Crippen LogP contribution in [-0.2, 0) is 0 Å². The standard InChI is InChI=1S/C24H22N4O2/c29-24(25-20-14-8-12-17-9-4-5-13-19(17)20)28-16-7-6-15-21(28)23-26-22(27-30-23)18-10-2-1-3-11-18/h1-5,8-14,21H,6-7,15-16H2,(H,25,29). The second-order valence-electron chi connectivity index (χ2n) is 7.48. The smallest absolute Gasteiger partial charge is 0.322 e. The Bertz CT molecular complexity index is 1170. The van der Waals surface area contributed by atoms with Crippen molar-refractivity contribution in [3.05, 3.63) is 78.7 Å². The fourth-order valence-electron chi connectivity index (χ4n) is 4.03. The molecule has 0 spiro atoms. The average Bonchev–Trinajstić information content (AvgIpc) is 3.30. The molecular weight excluding hydrogens is 376 g/mol. The van der Waals surface area contributed by atoms with Crippen molar-refractivity contribution in [2.75, 3.05) is 11.9 Å². The number of amides is 2. The number of anilines is 1. The van der Waals surface area contributed by atoms with E-state index in [-0.39, 0.29) is 12.1 Å². The minimum Gasteiger partial charge on any atom is -0.337 e. The van der Waals surface area contributed by atoms with Gasteiger partial charge in [-0.2, -0.15) is 4.98 Å². The number of carbonyl (C=O) groups excluding carboxylic acids is 1. The number of nitrogens with one attached hydrogen (secondary N) is 1.